The molecule has 1 fully saturated rings. The Kier molecular flexibility index (Phi) is 6.00. The molecule has 0 radical (unpaired) electrons. The molecule has 0 spiro atoms. The van der Waals surface area contributed by atoms with Crippen molar-refractivity contribution in [3.63, 3.8) is 0 Å². The number of hydrogen-bond donors (Lipinski definition) is 1. The normalized spacial score (nSPS) is 18.8. The maximum absolute atomic E-state index is 13.1. The van der Waals surface area contributed by atoms with Gasteiger partial charge in [0, 0.05) is 16.6 Å². The lowest BCUT2D eigenvalue weighted by Crippen LogP contribution is -2.31. The fourth-order valence-corrected chi connectivity index (χ4v) is 5.30. The molecular weight excluding hydrogens is 476 g/mol. The van der Waals surface area contributed by atoms with Crippen LogP contribution in [0.3, 0.4) is 0 Å². The lowest BCUT2D eigenvalue weighted by Gasteiger charge is -2.18. The number of hydrogen-bond acceptors (Lipinski definition) is 4. The van der Waals surface area contributed by atoms with E-state index in [0.29, 0.717) is 35.5 Å². The van der Waals surface area contributed by atoms with E-state index in [1.165, 1.54) is 4.90 Å². The number of imide groups is 1. The average Bonchev–Trinajstić information content (AvgIpc) is 3.18. The summed E-state index contributed by atoms with van der Waals surface area (Å²) in [6.45, 7) is 1.99. The molecule has 38 heavy (non-hydrogen) atoms. The van der Waals surface area contributed by atoms with E-state index in [4.69, 9.17) is 4.74 Å². The second-order valence-electron chi connectivity index (χ2n) is 9.82. The smallest absolute Gasteiger partial charge is 0.255 e. The Morgan fingerprint density at radius 3 is 2.45 bits per heavy atom. The molecule has 1 N–H and O–H groups in total. The Hall–Kier alpha value is -4.71. The van der Waals surface area contributed by atoms with Crippen molar-refractivity contribution in [3.8, 4) is 11.5 Å². The van der Waals surface area contributed by atoms with Crippen LogP contribution in [0.15, 0.2) is 103 Å². The molecule has 3 amide bonds. The van der Waals surface area contributed by atoms with Crippen molar-refractivity contribution in [2.24, 2.45) is 11.8 Å². The van der Waals surface area contributed by atoms with Gasteiger partial charge in [-0.05, 0) is 73.7 Å². The van der Waals surface area contributed by atoms with Gasteiger partial charge in [0.25, 0.3) is 5.91 Å². The van der Waals surface area contributed by atoms with Gasteiger partial charge in [0.2, 0.25) is 11.8 Å². The first-order valence-corrected chi connectivity index (χ1v) is 12.7. The van der Waals surface area contributed by atoms with E-state index in [2.05, 4.69) is 5.32 Å². The van der Waals surface area contributed by atoms with Gasteiger partial charge in [-0.25, -0.2) is 0 Å². The molecule has 2 aliphatic rings. The minimum absolute atomic E-state index is 0.188. The molecule has 6 rings (SSSR count). The fraction of sp³-hybridized carbons (Fsp3) is 0.156. The van der Waals surface area contributed by atoms with E-state index in [9.17, 15) is 14.4 Å². The predicted molar refractivity (Wildman–Crippen MR) is 147 cm³/mol. The molecule has 188 valence electrons. The van der Waals surface area contributed by atoms with Crippen molar-refractivity contribution in [3.05, 3.63) is 108 Å². The second-order valence-corrected chi connectivity index (χ2v) is 9.82. The van der Waals surface area contributed by atoms with Crippen molar-refractivity contribution < 1.29 is 19.1 Å². The molecule has 2 atom stereocenters. The molecule has 4 aromatic rings. The molecule has 0 unspecified atom stereocenters. The Morgan fingerprint density at radius 1 is 0.868 bits per heavy atom. The molecule has 1 aliphatic carbocycles. The Bertz CT molecular complexity index is 1600. The molecule has 6 nitrogen and oxygen atoms in total. The zero-order chi connectivity index (χ0) is 26.2. The summed E-state index contributed by atoms with van der Waals surface area (Å²) in [6, 6.07) is 27.7. The number of carbonyl (C=O) groups is 3. The van der Waals surface area contributed by atoms with Gasteiger partial charge in [0.1, 0.15) is 11.5 Å². The highest BCUT2D eigenvalue weighted by molar-refractivity contribution is 6.22. The summed E-state index contributed by atoms with van der Waals surface area (Å²) in [6.07, 6.45) is 3.22. The van der Waals surface area contributed by atoms with Crippen LogP contribution < -0.4 is 15.0 Å². The molecule has 6 heteroatoms. The number of nitrogens with one attached hydrogen (secondary N) is 1. The summed E-state index contributed by atoms with van der Waals surface area (Å²) in [5.74, 6) is 0.0588. The van der Waals surface area contributed by atoms with Crippen LogP contribution in [0.2, 0.25) is 0 Å². The van der Waals surface area contributed by atoms with E-state index in [0.717, 1.165) is 22.1 Å². The quantitative estimate of drug-likeness (QED) is 0.243. The number of nitrogens with zero attached hydrogens (tertiary/aromatic N) is 1. The van der Waals surface area contributed by atoms with Gasteiger partial charge >= 0.3 is 0 Å². The van der Waals surface area contributed by atoms with E-state index < -0.39 is 0 Å². The van der Waals surface area contributed by atoms with Crippen LogP contribution in [0.5, 0.6) is 11.5 Å². The van der Waals surface area contributed by atoms with Crippen LogP contribution >= 0.6 is 0 Å². The maximum Gasteiger partial charge on any atom is 0.255 e. The highest BCUT2D eigenvalue weighted by atomic mass is 16.5. The molecule has 1 aliphatic heterocycles. The lowest BCUT2D eigenvalue weighted by molar-refractivity contribution is -0.122. The number of benzene rings is 4. The van der Waals surface area contributed by atoms with E-state index >= 15 is 0 Å². The molecule has 0 saturated carbocycles. The Morgan fingerprint density at radius 2 is 1.61 bits per heavy atom. The first-order chi connectivity index (χ1) is 18.5. The number of anilines is 2. The van der Waals surface area contributed by atoms with Gasteiger partial charge in [-0.15, -0.1) is 0 Å². The first-order valence-electron chi connectivity index (χ1n) is 12.7. The van der Waals surface area contributed by atoms with Crippen molar-refractivity contribution in [2.45, 2.75) is 19.8 Å². The highest BCUT2D eigenvalue weighted by Gasteiger charge is 2.48. The minimum Gasteiger partial charge on any atom is -0.457 e. The van der Waals surface area contributed by atoms with Crippen molar-refractivity contribution in [2.75, 3.05) is 10.2 Å². The zero-order valence-electron chi connectivity index (χ0n) is 20.9. The van der Waals surface area contributed by atoms with E-state index in [-0.39, 0.29) is 29.6 Å². The maximum atomic E-state index is 13.1. The summed E-state index contributed by atoms with van der Waals surface area (Å²) in [7, 11) is 0. The third kappa shape index (κ3) is 4.34. The third-order valence-electron chi connectivity index (χ3n) is 7.28. The van der Waals surface area contributed by atoms with Crippen LogP contribution in [-0.4, -0.2) is 17.7 Å². The summed E-state index contributed by atoms with van der Waals surface area (Å²) in [5.41, 5.74) is 2.53. The Balaban J connectivity index is 1.16. The monoisotopic (exact) mass is 502 g/mol. The summed E-state index contributed by atoms with van der Waals surface area (Å²) >= 11 is 0. The largest absolute Gasteiger partial charge is 0.457 e. The van der Waals surface area contributed by atoms with Crippen molar-refractivity contribution >= 4 is 39.9 Å². The van der Waals surface area contributed by atoms with Crippen LogP contribution in [0.1, 0.15) is 30.1 Å². The second kappa shape index (κ2) is 9.63. The summed E-state index contributed by atoms with van der Waals surface area (Å²) in [4.78, 5) is 40.4. The molecule has 1 heterocycles. The van der Waals surface area contributed by atoms with E-state index in [1.807, 2.05) is 55.5 Å². The predicted octanol–water partition coefficient (Wildman–Crippen LogP) is 6.73. The van der Waals surface area contributed by atoms with Gasteiger partial charge in [-0.3, -0.25) is 19.3 Å². The molecule has 0 aromatic heterocycles. The van der Waals surface area contributed by atoms with Crippen molar-refractivity contribution in [1.82, 2.24) is 0 Å². The topological polar surface area (TPSA) is 75.7 Å². The summed E-state index contributed by atoms with van der Waals surface area (Å²) in [5, 5.41) is 5.00. The zero-order valence-corrected chi connectivity index (χ0v) is 20.9. The first kappa shape index (κ1) is 23.7. The molecule has 0 bridgehead atoms. The van der Waals surface area contributed by atoms with Gasteiger partial charge in [0.05, 0.1) is 17.5 Å². The summed E-state index contributed by atoms with van der Waals surface area (Å²) < 4.78 is 6.09. The van der Waals surface area contributed by atoms with Gasteiger partial charge in [0.15, 0.2) is 0 Å². The van der Waals surface area contributed by atoms with Crippen LogP contribution in [0.4, 0.5) is 11.4 Å². The number of carbonyl (C=O) groups excluding carboxylic acids is 3. The number of allylic oxidation sites excluding steroid dienone is 2. The molecular formula is C32H26N2O4. The third-order valence-corrected chi connectivity index (χ3v) is 7.28. The van der Waals surface area contributed by atoms with Crippen LogP contribution in [0.25, 0.3) is 10.8 Å². The SMILES string of the molecule is CC1=CC[C@H]2C(=O)N(c3cccc(C(=O)Nc4ccc(Oc5cccc6ccccc56)cc4)c3)C(=O)[C@H]2C1. The minimum atomic E-state index is -0.330. The van der Waals surface area contributed by atoms with Gasteiger partial charge < -0.3 is 10.1 Å². The standard InChI is InChI=1S/C32H26N2O4/c1-20-12-17-27-28(18-20)32(37)34(31(27)36)24-9-4-8-22(19-24)30(35)33-23-13-15-25(16-14-23)38-29-11-5-7-21-6-2-3-10-26(21)29/h2-16,19,27-28H,17-18H2,1H3,(H,33,35)/t27-,28+/m1/s1. The Labute approximate surface area is 220 Å². The van der Waals surface area contributed by atoms with Crippen LogP contribution in [0, 0.1) is 11.8 Å². The average molecular weight is 503 g/mol. The van der Waals surface area contributed by atoms with Gasteiger partial charge in [-0.1, -0.05) is 54.1 Å². The fourth-order valence-electron chi connectivity index (χ4n) is 5.30. The number of rotatable bonds is 5. The van der Waals surface area contributed by atoms with Gasteiger partial charge in [-0.2, -0.15) is 0 Å². The highest BCUT2D eigenvalue weighted by Crippen LogP contribution is 2.40. The number of fused-ring (bicyclic) bond motifs is 2. The van der Waals surface area contributed by atoms with E-state index in [1.54, 1.807) is 48.5 Å². The van der Waals surface area contributed by atoms with Crippen LogP contribution in [-0.2, 0) is 9.59 Å². The molecule has 4 aromatic carbocycles. The number of amides is 3. The molecule has 1 saturated heterocycles. The number of ether oxygens (including phenoxy) is 1. The lowest BCUT2D eigenvalue weighted by atomic mass is 9.82. The van der Waals surface area contributed by atoms with Crippen molar-refractivity contribution in [1.29, 1.82) is 0 Å².